The Morgan fingerprint density at radius 1 is 0.829 bits per heavy atom. The third kappa shape index (κ3) is 8.06. The van der Waals surface area contributed by atoms with Crippen molar-refractivity contribution in [2.75, 3.05) is 17.7 Å². The van der Waals surface area contributed by atoms with Crippen molar-refractivity contribution in [2.24, 2.45) is 0 Å². The molecule has 3 amide bonds. The molecule has 0 aliphatic carbocycles. The lowest BCUT2D eigenvalue weighted by atomic mass is 10.1. The van der Waals surface area contributed by atoms with Crippen LogP contribution in [-0.4, -0.2) is 30.1 Å². The summed E-state index contributed by atoms with van der Waals surface area (Å²) in [6.07, 6.45) is 1.29. The highest BCUT2D eigenvalue weighted by Gasteiger charge is 2.18. The number of hydrogen-bond donors (Lipinski definition) is 3. The molecule has 0 fully saturated rings. The Morgan fingerprint density at radius 3 is 2.20 bits per heavy atom. The summed E-state index contributed by atoms with van der Waals surface area (Å²) in [5.41, 5.74) is 1.43. The number of anilines is 2. The molecule has 4 rings (SSSR count). The van der Waals surface area contributed by atoms with E-state index in [1.807, 2.05) is 12.1 Å². The molecule has 0 saturated carbocycles. The number of rotatable bonds is 10. The van der Waals surface area contributed by atoms with Gasteiger partial charge in [-0.15, -0.1) is 11.8 Å². The normalized spacial score (nSPS) is 11.7. The average Bonchev–Trinajstić information content (AvgIpc) is 2.99. The number of thioether (sulfide) groups is 1. The number of methoxy groups -OCH3 is 1. The second-order valence-corrected chi connectivity index (χ2v) is 10.2. The summed E-state index contributed by atoms with van der Waals surface area (Å²) in [4.78, 5) is 39.5. The van der Waals surface area contributed by atoms with E-state index in [0.717, 1.165) is 4.90 Å². The third-order valence-electron chi connectivity index (χ3n) is 5.89. The van der Waals surface area contributed by atoms with Crippen molar-refractivity contribution >= 4 is 46.9 Å². The number of hydrogen-bond acceptors (Lipinski definition) is 5. The number of amides is 3. The Bertz CT molecular complexity index is 1560. The minimum atomic E-state index is -0.623. The van der Waals surface area contributed by atoms with Gasteiger partial charge in [-0.3, -0.25) is 14.4 Å². The molecule has 0 aromatic heterocycles. The molecule has 0 aliphatic heterocycles. The van der Waals surface area contributed by atoms with E-state index in [-0.39, 0.29) is 17.2 Å². The smallest absolute Gasteiger partial charge is 0.272 e. The first-order valence-electron chi connectivity index (χ1n) is 12.7. The van der Waals surface area contributed by atoms with Gasteiger partial charge in [-0.05, 0) is 67.6 Å². The van der Waals surface area contributed by atoms with Crippen LogP contribution in [0.25, 0.3) is 6.08 Å². The van der Waals surface area contributed by atoms with E-state index in [1.54, 1.807) is 86.8 Å². The fourth-order valence-electron chi connectivity index (χ4n) is 3.75. The lowest BCUT2D eigenvalue weighted by Crippen LogP contribution is -2.30. The van der Waals surface area contributed by atoms with Crippen LogP contribution in [0.5, 0.6) is 5.75 Å². The van der Waals surface area contributed by atoms with Crippen LogP contribution in [0.2, 0.25) is 0 Å². The zero-order chi connectivity index (χ0) is 29.2. The minimum Gasteiger partial charge on any atom is -0.495 e. The SMILES string of the molecule is COc1ccccc1NC(=O)C(C)Sc1ccc(NC(=O)/C(=C/c2ccccc2F)NC(=O)c2ccccc2)cc1. The summed E-state index contributed by atoms with van der Waals surface area (Å²) in [6.45, 7) is 1.79. The van der Waals surface area contributed by atoms with Crippen LogP contribution in [0, 0.1) is 5.82 Å². The summed E-state index contributed by atoms with van der Waals surface area (Å²) < 4.78 is 19.6. The fraction of sp³-hybridized carbons (Fsp3) is 0.0938. The fourth-order valence-corrected chi connectivity index (χ4v) is 4.61. The maximum Gasteiger partial charge on any atom is 0.272 e. The maximum atomic E-state index is 14.3. The lowest BCUT2D eigenvalue weighted by Gasteiger charge is -2.15. The first-order chi connectivity index (χ1) is 19.8. The van der Waals surface area contributed by atoms with Gasteiger partial charge in [0.15, 0.2) is 0 Å². The van der Waals surface area contributed by atoms with Crippen molar-refractivity contribution in [1.82, 2.24) is 5.32 Å². The molecule has 208 valence electrons. The van der Waals surface area contributed by atoms with Crippen molar-refractivity contribution in [3.63, 3.8) is 0 Å². The van der Waals surface area contributed by atoms with E-state index in [0.29, 0.717) is 22.7 Å². The second kappa shape index (κ2) is 14.0. The molecule has 1 unspecified atom stereocenters. The standard InChI is InChI=1S/C32H28FN3O4S/c1-21(30(37)35-27-14-8-9-15-29(27)40-2)41-25-18-16-24(17-19-25)34-32(39)28(20-23-12-6-7-13-26(23)33)36-31(38)22-10-4-3-5-11-22/h3-21H,1-2H3,(H,34,39)(H,35,37)(H,36,38)/b28-20-. The zero-order valence-corrected chi connectivity index (χ0v) is 23.2. The maximum absolute atomic E-state index is 14.3. The van der Waals surface area contributed by atoms with Gasteiger partial charge in [0, 0.05) is 21.7 Å². The third-order valence-corrected chi connectivity index (χ3v) is 7.00. The van der Waals surface area contributed by atoms with Crippen molar-refractivity contribution < 1.29 is 23.5 Å². The van der Waals surface area contributed by atoms with Crippen molar-refractivity contribution in [1.29, 1.82) is 0 Å². The average molecular weight is 570 g/mol. The molecule has 41 heavy (non-hydrogen) atoms. The van der Waals surface area contributed by atoms with Gasteiger partial charge in [0.05, 0.1) is 18.0 Å². The molecule has 0 saturated heterocycles. The van der Waals surface area contributed by atoms with Crippen LogP contribution < -0.4 is 20.7 Å². The van der Waals surface area contributed by atoms with Gasteiger partial charge in [0.25, 0.3) is 11.8 Å². The number of carbonyl (C=O) groups excluding carboxylic acids is 3. The number of benzene rings is 4. The Hall–Kier alpha value is -4.89. The molecule has 4 aromatic rings. The number of para-hydroxylation sites is 2. The Morgan fingerprint density at radius 2 is 1.49 bits per heavy atom. The first-order valence-corrected chi connectivity index (χ1v) is 13.6. The summed E-state index contributed by atoms with van der Waals surface area (Å²) in [5, 5.41) is 7.79. The van der Waals surface area contributed by atoms with E-state index in [4.69, 9.17) is 4.74 Å². The second-order valence-electron chi connectivity index (χ2n) is 8.83. The van der Waals surface area contributed by atoms with Gasteiger partial charge >= 0.3 is 0 Å². The Kier molecular flexibility index (Phi) is 9.90. The largest absolute Gasteiger partial charge is 0.495 e. The lowest BCUT2D eigenvalue weighted by molar-refractivity contribution is -0.115. The van der Waals surface area contributed by atoms with Crippen molar-refractivity contribution in [3.8, 4) is 5.75 Å². The van der Waals surface area contributed by atoms with Gasteiger partial charge < -0.3 is 20.7 Å². The van der Waals surface area contributed by atoms with Gasteiger partial charge in [0.2, 0.25) is 5.91 Å². The summed E-state index contributed by atoms with van der Waals surface area (Å²) in [5.74, 6) is -1.27. The number of halogens is 1. The van der Waals surface area contributed by atoms with Crippen LogP contribution in [0.1, 0.15) is 22.8 Å². The molecule has 0 bridgehead atoms. The molecule has 0 aliphatic rings. The molecule has 9 heteroatoms. The Balaban J connectivity index is 1.44. The van der Waals surface area contributed by atoms with Crippen molar-refractivity contribution in [3.05, 3.63) is 126 Å². The number of ether oxygens (including phenoxy) is 1. The predicted octanol–water partition coefficient (Wildman–Crippen LogP) is 6.36. The molecule has 0 radical (unpaired) electrons. The van der Waals surface area contributed by atoms with Crippen LogP contribution in [0.4, 0.5) is 15.8 Å². The summed E-state index contributed by atoms with van der Waals surface area (Å²) in [6, 6.07) is 28.5. The van der Waals surface area contributed by atoms with E-state index >= 15 is 0 Å². The van der Waals surface area contributed by atoms with Gasteiger partial charge in [-0.2, -0.15) is 0 Å². The molecule has 4 aromatic carbocycles. The minimum absolute atomic E-state index is 0.121. The highest BCUT2D eigenvalue weighted by atomic mass is 32.2. The monoisotopic (exact) mass is 569 g/mol. The van der Waals surface area contributed by atoms with Crippen molar-refractivity contribution in [2.45, 2.75) is 17.1 Å². The molecule has 0 spiro atoms. The molecule has 7 nitrogen and oxygen atoms in total. The van der Waals surface area contributed by atoms with Gasteiger partial charge in [-0.25, -0.2) is 4.39 Å². The molecular formula is C32H28FN3O4S. The highest BCUT2D eigenvalue weighted by molar-refractivity contribution is 8.00. The predicted molar refractivity (Wildman–Crippen MR) is 160 cm³/mol. The highest BCUT2D eigenvalue weighted by Crippen LogP contribution is 2.28. The molecular weight excluding hydrogens is 541 g/mol. The van der Waals surface area contributed by atoms with Gasteiger partial charge in [-0.1, -0.05) is 48.5 Å². The first kappa shape index (κ1) is 29.1. The quantitative estimate of drug-likeness (QED) is 0.153. The number of nitrogens with one attached hydrogen (secondary N) is 3. The summed E-state index contributed by atoms with van der Waals surface area (Å²) >= 11 is 1.35. The molecule has 0 heterocycles. The van der Waals surface area contributed by atoms with E-state index in [2.05, 4.69) is 16.0 Å². The zero-order valence-electron chi connectivity index (χ0n) is 22.4. The molecule has 3 N–H and O–H groups in total. The van der Waals surface area contributed by atoms with Crippen LogP contribution in [0.15, 0.2) is 114 Å². The topological polar surface area (TPSA) is 96.5 Å². The van der Waals surface area contributed by atoms with Crippen LogP contribution in [-0.2, 0) is 9.59 Å². The number of carbonyl (C=O) groups is 3. The van der Waals surface area contributed by atoms with E-state index < -0.39 is 22.9 Å². The van der Waals surface area contributed by atoms with E-state index in [1.165, 1.54) is 36.0 Å². The van der Waals surface area contributed by atoms with Crippen LogP contribution >= 0.6 is 11.8 Å². The van der Waals surface area contributed by atoms with Gasteiger partial charge in [0.1, 0.15) is 17.3 Å². The van der Waals surface area contributed by atoms with E-state index in [9.17, 15) is 18.8 Å². The summed E-state index contributed by atoms with van der Waals surface area (Å²) in [7, 11) is 1.54. The molecule has 1 atom stereocenters. The Labute approximate surface area is 241 Å². The van der Waals surface area contributed by atoms with Crippen LogP contribution in [0.3, 0.4) is 0 Å².